The average Bonchev–Trinajstić information content (AvgIpc) is 0.824. The summed E-state index contributed by atoms with van der Waals surface area (Å²) < 4.78 is 0. The number of nitrogens with two attached hydrogens (primary N) is 1. The smallest absolute Gasteiger partial charge is 0.248 e. The van der Waals surface area contributed by atoms with Gasteiger partial charge in [-0.2, -0.15) is 0 Å². The molecule has 5 rings (SSSR count). The van der Waals surface area contributed by atoms with E-state index in [1.807, 2.05) is 64.1 Å². The lowest BCUT2D eigenvalue weighted by Gasteiger charge is -2.37. The van der Waals surface area contributed by atoms with Gasteiger partial charge in [0.05, 0.1) is 24.7 Å². The molecule has 1 aliphatic rings. The Morgan fingerprint density at radius 2 is 0.900 bits per heavy atom. The third kappa shape index (κ3) is 27.6. The number of Topliss-reactive ketones (excluding diaryl/α,β-unsaturated/α-hetero) is 1. The van der Waals surface area contributed by atoms with Gasteiger partial charge < -0.3 is 66.8 Å². The Morgan fingerprint density at radius 3 is 1.38 bits per heavy atom. The van der Waals surface area contributed by atoms with Crippen LogP contribution in [-0.4, -0.2) is 232 Å². The van der Waals surface area contributed by atoms with Crippen LogP contribution in [-0.2, 0) is 87.3 Å². The van der Waals surface area contributed by atoms with E-state index in [1.54, 1.807) is 124 Å². The summed E-state index contributed by atoms with van der Waals surface area (Å²) in [6.07, 6.45) is 0.228. The number of hydrogen-bond acceptors (Lipinski definition) is 16. The van der Waals surface area contributed by atoms with Gasteiger partial charge in [-0.05, 0) is 105 Å². The largest absolute Gasteiger partial charge is 0.391 e. The molecule has 0 radical (unpaired) electrons. The molecule has 4 aromatic carbocycles. The van der Waals surface area contributed by atoms with Crippen LogP contribution in [0.4, 0.5) is 0 Å². The maximum absolute atomic E-state index is 15.3. The number of amides is 11. The molecule has 1 aliphatic heterocycles. The van der Waals surface area contributed by atoms with Crippen LogP contribution in [0.2, 0.25) is 0 Å². The highest BCUT2D eigenvalue weighted by atomic mass is 32.2. The number of aliphatic hydroxyl groups excluding tert-OH is 1. The summed E-state index contributed by atoms with van der Waals surface area (Å²) >= 11 is 0.951. The average molecular weight is 1540 g/mol. The van der Waals surface area contributed by atoms with Gasteiger partial charge in [0, 0.05) is 85.7 Å². The van der Waals surface area contributed by atoms with Crippen molar-refractivity contribution in [2.75, 3.05) is 54.9 Å². The fourth-order valence-electron chi connectivity index (χ4n) is 13.5. The van der Waals surface area contributed by atoms with E-state index in [9.17, 15) is 48.3 Å². The first kappa shape index (κ1) is 91.3. The Bertz CT molecular complexity index is 3710. The van der Waals surface area contributed by atoms with Crippen LogP contribution in [0.3, 0.4) is 0 Å². The van der Waals surface area contributed by atoms with Gasteiger partial charge in [0.2, 0.25) is 65.0 Å². The van der Waals surface area contributed by atoms with Gasteiger partial charge >= 0.3 is 0 Å². The van der Waals surface area contributed by atoms with Gasteiger partial charge in [-0.25, -0.2) is 0 Å². The van der Waals surface area contributed by atoms with Gasteiger partial charge in [-0.1, -0.05) is 188 Å². The Balaban J connectivity index is 1.42. The number of aliphatic hydroxyl groups is 1. The molecule has 4 aromatic rings. The maximum Gasteiger partial charge on any atom is 0.248 e. The first-order chi connectivity index (χ1) is 51.9. The van der Waals surface area contributed by atoms with Gasteiger partial charge in [-0.15, -0.1) is 0 Å². The van der Waals surface area contributed by atoms with E-state index >= 15 is 19.2 Å². The minimum absolute atomic E-state index is 0.00543. The van der Waals surface area contributed by atoms with Gasteiger partial charge in [0.1, 0.15) is 48.3 Å². The summed E-state index contributed by atoms with van der Waals surface area (Å²) in [5, 5.41) is 24.5. The highest BCUT2D eigenvalue weighted by Gasteiger charge is 2.43. The maximum atomic E-state index is 15.3. The number of nitrogens with one attached hydrogen (secondary N) is 5. The molecule has 110 heavy (non-hydrogen) atoms. The Hall–Kier alpha value is -9.34. The summed E-state index contributed by atoms with van der Waals surface area (Å²) in [4.78, 5) is 196. The van der Waals surface area contributed by atoms with Crippen LogP contribution in [0.5, 0.6) is 0 Å². The molecule has 0 bridgehead atoms. The molecule has 0 spiro atoms. The van der Waals surface area contributed by atoms with E-state index in [4.69, 9.17) is 5.73 Å². The van der Waals surface area contributed by atoms with Crippen LogP contribution in [0, 0.1) is 29.6 Å². The van der Waals surface area contributed by atoms with Gasteiger partial charge in [0.15, 0.2) is 10.9 Å². The number of likely N-dealkylation sites (N-methyl/N-ethyl adjacent to an activating group) is 5. The standard InChI is InChI=1S/C83H120N12O14S/c1-51(2)42-64(92(14)82(108)71(53(5)6)88-74(100)55(9)84)78(104)89-72(57(11)96)83(109)93(15)65(45-59-34-24-18-25-35-59)76(102)85-49-69(98)90(12)67(43-52(3)4)81(107)94(16)73(54(7)8)68(97)47-62(44-58-32-22-17-23-33-58)75(101)87-63(48-70(99)110-50-61-38-28-20-29-39-61)80(106)91(13)66(46-60-36-26-19-27-37-60)77(103)86-56(10)79(105)95-40-30-21-31-41-95/h17-20,22-29,32-39,51-57,62-67,71-73,96H,21,30-31,40-50,84H2,1-16H3,(H,85,102)(H,86,103)(H,87,101)(H,88,100)(H,89,104)/t55-,56-,57+,62+,63-,64-,65-,66-,67-,71-,72-,73-/m0/s1. The molecular weight excluding hydrogens is 1420 g/mol. The molecule has 0 saturated carbocycles. The minimum atomic E-state index is -1.66. The molecule has 1 heterocycles. The molecule has 0 aliphatic carbocycles. The number of benzene rings is 4. The highest BCUT2D eigenvalue weighted by molar-refractivity contribution is 8.12. The van der Waals surface area contributed by atoms with Crippen LogP contribution in [0.15, 0.2) is 121 Å². The predicted octanol–water partition coefficient (Wildman–Crippen LogP) is 5.50. The normalized spacial score (nSPS) is 15.5. The monoisotopic (exact) mass is 1540 g/mol. The highest BCUT2D eigenvalue weighted by Crippen LogP contribution is 2.26. The summed E-state index contributed by atoms with van der Waals surface area (Å²) in [5.74, 6) is -10.3. The lowest BCUT2D eigenvalue weighted by atomic mass is 9.87. The molecular formula is C83H120N12O14S. The quantitative estimate of drug-likeness (QED) is 0.0289. The van der Waals surface area contributed by atoms with Gasteiger partial charge in [0.25, 0.3) is 0 Å². The Kier molecular flexibility index (Phi) is 36.9. The van der Waals surface area contributed by atoms with E-state index in [0.717, 1.165) is 41.5 Å². The second-order valence-electron chi connectivity index (χ2n) is 30.7. The number of nitrogens with zero attached hydrogens (tertiary/aromatic N) is 6. The first-order valence-electron chi connectivity index (χ1n) is 38.3. The van der Waals surface area contributed by atoms with Crippen LogP contribution < -0.4 is 32.3 Å². The van der Waals surface area contributed by atoms with Crippen molar-refractivity contribution in [3.05, 3.63) is 144 Å². The first-order valence-corrected chi connectivity index (χ1v) is 39.3. The Labute approximate surface area is 654 Å². The molecule has 8 N–H and O–H groups in total. The summed E-state index contributed by atoms with van der Waals surface area (Å²) in [7, 11) is 6.99. The van der Waals surface area contributed by atoms with Crippen molar-refractivity contribution >= 4 is 87.6 Å². The van der Waals surface area contributed by atoms with Crippen molar-refractivity contribution in [1.82, 2.24) is 56.0 Å². The second kappa shape index (κ2) is 44.5. The number of piperidine rings is 1. The molecule has 1 saturated heterocycles. The van der Waals surface area contributed by atoms with E-state index in [2.05, 4.69) is 26.6 Å². The number of ketones is 1. The number of thioether (sulfide) groups is 1. The van der Waals surface area contributed by atoms with Gasteiger partial charge in [-0.3, -0.25) is 62.3 Å². The van der Waals surface area contributed by atoms with Crippen molar-refractivity contribution in [2.24, 2.45) is 35.3 Å². The fourth-order valence-corrected chi connectivity index (χ4v) is 14.3. The topological polar surface area (TPSA) is 348 Å². The zero-order chi connectivity index (χ0) is 81.8. The van der Waals surface area contributed by atoms with E-state index in [1.165, 1.54) is 68.7 Å². The summed E-state index contributed by atoms with van der Waals surface area (Å²) in [6, 6.07) is 23.4. The SMILES string of the molecule is CC(C)C[C@@H](C(=O)N(C)[C@H](C(=O)C[C@@H](Cc1ccccc1)C(=O)N[C@@H](CC(=O)SCc1ccccc1)C(=O)N(C)[C@@H](Cc1ccccc1)C(=O)N[C@@H](C)C(=O)N1CCCCC1)C(C)C)N(C)C(=O)CNC(=O)[C@H](Cc1ccccc1)N(C)C(=O)[C@@H](NC(=O)[C@H](CC(C)C)N(C)C(=O)[C@@H](NC(=O)[C@H](C)N)C(C)C)[C@@H](C)O. The van der Waals surface area contributed by atoms with Crippen molar-refractivity contribution in [1.29, 1.82) is 0 Å². The van der Waals surface area contributed by atoms with E-state index in [-0.39, 0.29) is 55.6 Å². The summed E-state index contributed by atoms with van der Waals surface area (Å²) in [5.41, 5.74) is 8.61. The second-order valence-corrected chi connectivity index (χ2v) is 31.8. The number of hydrogen-bond donors (Lipinski definition) is 7. The molecule has 602 valence electrons. The predicted molar refractivity (Wildman–Crippen MR) is 424 cm³/mol. The van der Waals surface area contributed by atoms with Crippen molar-refractivity contribution in [3.63, 3.8) is 0 Å². The lowest BCUT2D eigenvalue weighted by Crippen LogP contribution is -2.62. The fraction of sp³-hybridized carbons (Fsp3) is 0.554. The molecule has 27 heteroatoms. The third-order valence-corrected chi connectivity index (χ3v) is 21.0. The van der Waals surface area contributed by atoms with Crippen LogP contribution in [0.25, 0.3) is 0 Å². The lowest BCUT2D eigenvalue weighted by molar-refractivity contribution is -0.149. The minimum Gasteiger partial charge on any atom is -0.391 e. The summed E-state index contributed by atoms with van der Waals surface area (Å²) in [6.45, 7) is 19.1. The zero-order valence-corrected chi connectivity index (χ0v) is 67.9. The third-order valence-electron chi connectivity index (χ3n) is 20.0. The van der Waals surface area contributed by atoms with Crippen LogP contribution in [0.1, 0.15) is 143 Å². The Morgan fingerprint density at radius 1 is 0.455 bits per heavy atom. The molecule has 0 aromatic heterocycles. The van der Waals surface area contributed by atoms with Crippen molar-refractivity contribution < 1.29 is 67.4 Å². The number of likely N-dealkylation sites (tertiary alicyclic amines) is 1. The molecule has 12 atom stereocenters. The van der Waals surface area contributed by atoms with E-state index < -0.39 is 174 Å². The molecule has 11 amide bonds. The zero-order valence-electron chi connectivity index (χ0n) is 67.1. The van der Waals surface area contributed by atoms with E-state index in [0.29, 0.717) is 29.8 Å². The van der Waals surface area contributed by atoms with Crippen molar-refractivity contribution in [2.45, 2.75) is 213 Å². The molecule has 26 nitrogen and oxygen atoms in total. The number of carbonyl (C=O) groups excluding carboxylic acids is 13. The number of rotatable bonds is 41. The molecule has 1 fully saturated rings. The van der Waals surface area contributed by atoms with Crippen molar-refractivity contribution in [3.8, 4) is 0 Å². The number of carbonyl (C=O) groups is 13. The molecule has 0 unspecified atom stereocenters. The van der Waals surface area contributed by atoms with Crippen LogP contribution >= 0.6 is 11.8 Å².